The molecule has 0 rings (SSSR count). The molecule has 3 nitrogen and oxygen atoms in total. The highest BCUT2D eigenvalue weighted by atomic mass is 32.1. The number of rotatable bonds is 1. The Morgan fingerprint density at radius 1 is 1.67 bits per heavy atom. The minimum Gasteiger partial charge on any atom is -0.453 e. The van der Waals surface area contributed by atoms with Gasteiger partial charge in [-0.3, -0.25) is 0 Å². The molecule has 0 aromatic rings. The van der Waals surface area contributed by atoms with E-state index in [0.717, 1.165) is 0 Å². The molecule has 1 N–H and O–H groups in total. The Balaban J connectivity index is 0. The number of alkyl carbamates (subject to hydrolysis) is 1. The van der Waals surface area contributed by atoms with Crippen LogP contribution >= 0.6 is 12.6 Å². The molecule has 0 fully saturated rings. The Morgan fingerprint density at radius 2 is 2.11 bits per heavy atom. The summed E-state index contributed by atoms with van der Waals surface area (Å²) in [4.78, 5) is 10.1. The molecule has 0 aliphatic heterocycles. The van der Waals surface area contributed by atoms with Crippen LogP contribution in [0.2, 0.25) is 0 Å². The normalized spacial score (nSPS) is 6.67. The van der Waals surface area contributed by atoms with Gasteiger partial charge in [-0.2, -0.15) is 12.6 Å². The molecule has 0 aromatic carbocycles. The van der Waals surface area contributed by atoms with Gasteiger partial charge < -0.3 is 10.1 Å². The van der Waals surface area contributed by atoms with Gasteiger partial charge >= 0.3 is 6.09 Å². The Hall–Kier alpha value is -0.380. The topological polar surface area (TPSA) is 38.3 Å². The molecular formula is C5H13NO2S. The average molecular weight is 151 g/mol. The highest BCUT2D eigenvalue weighted by molar-refractivity contribution is 7.79. The molecule has 0 heterocycles. The SMILES string of the molecule is CCNC(=O)OC.CS. The summed E-state index contributed by atoms with van der Waals surface area (Å²) in [5, 5.41) is 2.43. The summed E-state index contributed by atoms with van der Waals surface area (Å²) in [6.07, 6.45) is 1.32. The van der Waals surface area contributed by atoms with Crippen molar-refractivity contribution in [1.82, 2.24) is 5.32 Å². The molecule has 0 spiro atoms. The number of hydrogen-bond donors (Lipinski definition) is 2. The Morgan fingerprint density at radius 3 is 2.22 bits per heavy atom. The molecule has 0 bridgehead atoms. The highest BCUT2D eigenvalue weighted by Crippen LogP contribution is 1.66. The van der Waals surface area contributed by atoms with Crippen molar-refractivity contribution < 1.29 is 9.53 Å². The van der Waals surface area contributed by atoms with E-state index >= 15 is 0 Å². The maximum atomic E-state index is 10.1. The van der Waals surface area contributed by atoms with E-state index in [2.05, 4.69) is 22.7 Å². The van der Waals surface area contributed by atoms with Crippen molar-refractivity contribution in [3.8, 4) is 0 Å². The van der Waals surface area contributed by atoms with Crippen LogP contribution in [0.4, 0.5) is 4.79 Å². The molecule has 0 radical (unpaired) electrons. The van der Waals surface area contributed by atoms with Crippen molar-refractivity contribution in [3.05, 3.63) is 0 Å². The first kappa shape index (κ1) is 11.4. The largest absolute Gasteiger partial charge is 0.453 e. The number of thiol groups is 1. The van der Waals surface area contributed by atoms with Crippen molar-refractivity contribution in [1.29, 1.82) is 0 Å². The molecule has 0 atom stereocenters. The number of hydrogen-bond acceptors (Lipinski definition) is 3. The summed E-state index contributed by atoms with van der Waals surface area (Å²) < 4.78 is 4.24. The third-order valence-electron chi connectivity index (χ3n) is 0.507. The maximum Gasteiger partial charge on any atom is 0.406 e. The van der Waals surface area contributed by atoms with Gasteiger partial charge in [0.05, 0.1) is 7.11 Å². The summed E-state index contributed by atoms with van der Waals surface area (Å²) in [6.45, 7) is 2.45. The molecular weight excluding hydrogens is 138 g/mol. The Labute approximate surface area is 61.2 Å². The second-order valence-corrected chi connectivity index (χ2v) is 1.02. The molecule has 0 aliphatic carbocycles. The number of methoxy groups -OCH3 is 1. The van der Waals surface area contributed by atoms with Crippen LogP contribution < -0.4 is 5.32 Å². The van der Waals surface area contributed by atoms with Crippen molar-refractivity contribution in [2.45, 2.75) is 6.92 Å². The zero-order valence-electron chi connectivity index (χ0n) is 5.97. The fraction of sp³-hybridized carbons (Fsp3) is 0.800. The number of carbonyl (C=O) groups excluding carboxylic acids is 1. The maximum absolute atomic E-state index is 10.1. The second kappa shape index (κ2) is 10.6. The van der Waals surface area contributed by atoms with Crippen LogP contribution in [-0.4, -0.2) is 26.0 Å². The summed E-state index contributed by atoms with van der Waals surface area (Å²) in [5.74, 6) is 0. The minimum absolute atomic E-state index is 0.373. The monoisotopic (exact) mass is 151 g/mol. The van der Waals surface area contributed by atoms with Crippen LogP contribution in [0.3, 0.4) is 0 Å². The van der Waals surface area contributed by atoms with Crippen LogP contribution in [0.1, 0.15) is 6.92 Å². The fourth-order valence-electron chi connectivity index (χ4n) is 0.217. The van der Waals surface area contributed by atoms with E-state index in [1.54, 1.807) is 6.26 Å². The van der Waals surface area contributed by atoms with Crippen LogP contribution in [0.5, 0.6) is 0 Å². The lowest BCUT2D eigenvalue weighted by Crippen LogP contribution is -2.21. The molecule has 56 valence electrons. The Bertz CT molecular complexity index is 68.0. The van der Waals surface area contributed by atoms with Gasteiger partial charge in [0.15, 0.2) is 0 Å². The third kappa shape index (κ3) is 11.3. The molecule has 0 aromatic heterocycles. The van der Waals surface area contributed by atoms with E-state index in [1.807, 2.05) is 6.92 Å². The van der Waals surface area contributed by atoms with Crippen molar-refractivity contribution in [2.24, 2.45) is 0 Å². The zero-order chi connectivity index (χ0) is 7.70. The van der Waals surface area contributed by atoms with Crippen LogP contribution in [0, 0.1) is 0 Å². The lowest BCUT2D eigenvalue weighted by atomic mass is 10.8. The van der Waals surface area contributed by atoms with Crippen molar-refractivity contribution in [3.63, 3.8) is 0 Å². The summed E-state index contributed by atoms with van der Waals surface area (Å²) >= 11 is 3.53. The molecule has 0 saturated heterocycles. The average Bonchev–Trinajstić information content (AvgIpc) is 1.93. The Kier molecular flexibility index (Phi) is 13.4. The standard InChI is InChI=1S/C4H9NO2.CH4S/c1-3-5-4(6)7-2;1-2/h3H2,1-2H3,(H,5,6);2H,1H3. The number of amides is 1. The molecule has 0 saturated carbocycles. The van der Waals surface area contributed by atoms with Crippen LogP contribution in [0.15, 0.2) is 0 Å². The van der Waals surface area contributed by atoms with Crippen molar-refractivity contribution in [2.75, 3.05) is 19.9 Å². The molecule has 4 heteroatoms. The lowest BCUT2D eigenvalue weighted by Gasteiger charge is -1.95. The lowest BCUT2D eigenvalue weighted by molar-refractivity contribution is 0.171. The first-order chi connectivity index (χ1) is 4.31. The summed E-state index contributed by atoms with van der Waals surface area (Å²) in [6, 6.07) is 0. The van der Waals surface area contributed by atoms with Gasteiger partial charge in [-0.05, 0) is 13.2 Å². The van der Waals surface area contributed by atoms with Gasteiger partial charge in [-0.1, -0.05) is 0 Å². The highest BCUT2D eigenvalue weighted by Gasteiger charge is 1.89. The van der Waals surface area contributed by atoms with E-state index in [4.69, 9.17) is 0 Å². The predicted molar refractivity (Wildman–Crippen MR) is 41.0 cm³/mol. The second-order valence-electron chi connectivity index (χ2n) is 1.02. The molecule has 0 aliphatic rings. The van der Waals surface area contributed by atoms with E-state index in [0.29, 0.717) is 6.54 Å². The van der Waals surface area contributed by atoms with Crippen molar-refractivity contribution >= 4 is 18.7 Å². The molecule has 9 heavy (non-hydrogen) atoms. The zero-order valence-corrected chi connectivity index (χ0v) is 6.87. The number of nitrogens with one attached hydrogen (secondary N) is 1. The summed E-state index contributed by atoms with van der Waals surface area (Å²) in [7, 11) is 1.34. The number of ether oxygens (including phenoxy) is 1. The van der Waals surface area contributed by atoms with Gasteiger partial charge in [0.1, 0.15) is 0 Å². The fourth-order valence-corrected chi connectivity index (χ4v) is 0.217. The van der Waals surface area contributed by atoms with E-state index in [9.17, 15) is 4.79 Å². The third-order valence-corrected chi connectivity index (χ3v) is 0.507. The van der Waals surface area contributed by atoms with E-state index in [-0.39, 0.29) is 6.09 Å². The van der Waals surface area contributed by atoms with Crippen LogP contribution in [0.25, 0.3) is 0 Å². The van der Waals surface area contributed by atoms with Gasteiger partial charge in [0.2, 0.25) is 0 Å². The first-order valence-electron chi connectivity index (χ1n) is 2.57. The predicted octanol–water partition coefficient (Wildman–Crippen LogP) is 0.908. The summed E-state index contributed by atoms with van der Waals surface area (Å²) in [5.41, 5.74) is 0. The molecule has 0 unspecified atom stereocenters. The van der Waals surface area contributed by atoms with E-state index in [1.165, 1.54) is 7.11 Å². The van der Waals surface area contributed by atoms with Gasteiger partial charge in [0.25, 0.3) is 0 Å². The van der Waals surface area contributed by atoms with Gasteiger partial charge in [-0.25, -0.2) is 4.79 Å². The van der Waals surface area contributed by atoms with Gasteiger partial charge in [-0.15, -0.1) is 0 Å². The smallest absolute Gasteiger partial charge is 0.406 e. The van der Waals surface area contributed by atoms with E-state index < -0.39 is 0 Å². The number of carbonyl (C=O) groups is 1. The molecule has 1 amide bonds. The first-order valence-corrected chi connectivity index (χ1v) is 3.47. The van der Waals surface area contributed by atoms with Crippen LogP contribution in [-0.2, 0) is 4.74 Å². The minimum atomic E-state index is -0.373. The quantitative estimate of drug-likeness (QED) is 0.547. The van der Waals surface area contributed by atoms with Gasteiger partial charge in [0, 0.05) is 6.54 Å².